The molecule has 0 spiro atoms. The number of benzene rings is 1. The van der Waals surface area contributed by atoms with Gasteiger partial charge in [-0.2, -0.15) is 4.31 Å². The molecule has 4 aromatic rings. The van der Waals surface area contributed by atoms with E-state index in [9.17, 15) is 8.42 Å². The molecule has 3 aromatic heterocycles. The predicted molar refractivity (Wildman–Crippen MR) is 113 cm³/mol. The monoisotopic (exact) mass is 423 g/mol. The summed E-state index contributed by atoms with van der Waals surface area (Å²) in [5, 5.41) is 4.29. The van der Waals surface area contributed by atoms with E-state index in [-0.39, 0.29) is 13.1 Å². The largest absolute Gasteiger partial charge is 0.339 e. The minimum atomic E-state index is -3.56. The third kappa shape index (κ3) is 3.27. The lowest BCUT2D eigenvalue weighted by molar-refractivity contribution is 0.431. The van der Waals surface area contributed by atoms with Gasteiger partial charge >= 0.3 is 0 Å². The molecular formula is C20H17N5O2S2. The van der Waals surface area contributed by atoms with Gasteiger partial charge in [-0.3, -0.25) is 4.98 Å². The van der Waals surface area contributed by atoms with Crippen LogP contribution in [0.4, 0.5) is 11.5 Å². The lowest BCUT2D eigenvalue weighted by Gasteiger charge is -2.14. The standard InChI is InChI=1S/C20H17N5O2S2/c1-13-6-7-19(28-13)29(26,27)25-10-16-18(11-25)22-12-23-20(16)24-15-8-14-4-2-3-5-17(14)21-9-15/h2-9,12H,10-11H2,1H3,(H,22,23,24). The molecule has 0 amide bonds. The fourth-order valence-electron chi connectivity index (χ4n) is 3.38. The number of thiophene rings is 1. The summed E-state index contributed by atoms with van der Waals surface area (Å²) in [4.78, 5) is 14.1. The molecular weight excluding hydrogens is 406 g/mol. The van der Waals surface area contributed by atoms with E-state index in [1.807, 2.05) is 43.3 Å². The van der Waals surface area contributed by atoms with Gasteiger partial charge in [0.1, 0.15) is 16.4 Å². The number of anilines is 2. The quantitative estimate of drug-likeness (QED) is 0.537. The van der Waals surface area contributed by atoms with Crippen molar-refractivity contribution < 1.29 is 8.42 Å². The van der Waals surface area contributed by atoms with E-state index in [4.69, 9.17) is 0 Å². The average Bonchev–Trinajstić information content (AvgIpc) is 3.36. The third-order valence-electron chi connectivity index (χ3n) is 4.86. The minimum absolute atomic E-state index is 0.235. The predicted octanol–water partition coefficient (Wildman–Crippen LogP) is 3.84. The Balaban J connectivity index is 1.45. The van der Waals surface area contributed by atoms with E-state index in [0.29, 0.717) is 15.7 Å². The Labute approximate surface area is 172 Å². The molecule has 0 saturated carbocycles. The first-order valence-corrected chi connectivity index (χ1v) is 11.3. The van der Waals surface area contributed by atoms with E-state index in [1.54, 1.807) is 12.3 Å². The molecule has 0 atom stereocenters. The molecule has 0 saturated heterocycles. The Hall–Kier alpha value is -2.88. The molecule has 29 heavy (non-hydrogen) atoms. The van der Waals surface area contributed by atoms with Crippen LogP contribution in [0.1, 0.15) is 16.1 Å². The van der Waals surface area contributed by atoms with E-state index >= 15 is 0 Å². The van der Waals surface area contributed by atoms with E-state index in [0.717, 1.165) is 27.0 Å². The SMILES string of the molecule is Cc1ccc(S(=O)(=O)N2Cc3ncnc(Nc4cnc5ccccc5c4)c3C2)s1. The van der Waals surface area contributed by atoms with Crippen LogP contribution in [0.25, 0.3) is 10.9 Å². The van der Waals surface area contributed by atoms with Gasteiger partial charge in [-0.1, -0.05) is 18.2 Å². The van der Waals surface area contributed by atoms with Crippen LogP contribution in [0.2, 0.25) is 0 Å². The van der Waals surface area contributed by atoms with Crippen LogP contribution in [0.3, 0.4) is 0 Å². The molecule has 0 aliphatic carbocycles. The maximum Gasteiger partial charge on any atom is 0.253 e. The van der Waals surface area contributed by atoms with Gasteiger partial charge in [0.15, 0.2) is 0 Å². The second-order valence-electron chi connectivity index (χ2n) is 6.83. The van der Waals surface area contributed by atoms with Gasteiger partial charge in [0.2, 0.25) is 0 Å². The maximum atomic E-state index is 13.0. The zero-order valence-electron chi connectivity index (χ0n) is 15.5. The Kier molecular flexibility index (Phi) is 4.30. The zero-order valence-corrected chi connectivity index (χ0v) is 17.2. The van der Waals surface area contributed by atoms with Crippen molar-refractivity contribution in [2.24, 2.45) is 0 Å². The molecule has 4 heterocycles. The topological polar surface area (TPSA) is 88.1 Å². The van der Waals surface area contributed by atoms with Crippen molar-refractivity contribution in [1.29, 1.82) is 0 Å². The maximum absolute atomic E-state index is 13.0. The summed E-state index contributed by atoms with van der Waals surface area (Å²) >= 11 is 1.28. The first kappa shape index (κ1) is 18.2. The normalized spacial score (nSPS) is 14.2. The number of aryl methyl sites for hydroxylation is 1. The number of fused-ring (bicyclic) bond motifs is 2. The van der Waals surface area contributed by atoms with Crippen molar-refractivity contribution >= 4 is 43.8 Å². The van der Waals surface area contributed by atoms with Crippen LogP contribution in [0, 0.1) is 6.92 Å². The van der Waals surface area contributed by atoms with Gasteiger partial charge in [-0.15, -0.1) is 11.3 Å². The summed E-state index contributed by atoms with van der Waals surface area (Å²) in [5.74, 6) is 0.604. The molecule has 0 radical (unpaired) electrons. The van der Waals surface area contributed by atoms with Crippen LogP contribution >= 0.6 is 11.3 Å². The first-order chi connectivity index (χ1) is 14.0. The zero-order chi connectivity index (χ0) is 20.0. The van der Waals surface area contributed by atoms with Crippen molar-refractivity contribution in [3.8, 4) is 0 Å². The van der Waals surface area contributed by atoms with Gasteiger partial charge in [0, 0.05) is 22.4 Å². The molecule has 1 aliphatic heterocycles. The second kappa shape index (κ2) is 6.87. The summed E-state index contributed by atoms with van der Waals surface area (Å²) in [6, 6.07) is 13.3. The van der Waals surface area contributed by atoms with Gasteiger partial charge in [-0.05, 0) is 31.2 Å². The third-order valence-corrected chi connectivity index (χ3v) is 8.12. The molecule has 1 N–H and O–H groups in total. The van der Waals surface area contributed by atoms with Crippen molar-refractivity contribution in [1.82, 2.24) is 19.3 Å². The Morgan fingerprint density at radius 1 is 1.07 bits per heavy atom. The van der Waals surface area contributed by atoms with Gasteiger partial charge in [-0.25, -0.2) is 18.4 Å². The highest BCUT2D eigenvalue weighted by molar-refractivity contribution is 7.91. The van der Waals surface area contributed by atoms with Crippen molar-refractivity contribution in [3.05, 3.63) is 71.1 Å². The number of sulfonamides is 1. The van der Waals surface area contributed by atoms with Crippen molar-refractivity contribution in [2.45, 2.75) is 24.2 Å². The van der Waals surface area contributed by atoms with Gasteiger partial charge in [0.25, 0.3) is 10.0 Å². The number of nitrogens with one attached hydrogen (secondary N) is 1. The van der Waals surface area contributed by atoms with Crippen LogP contribution in [0.5, 0.6) is 0 Å². The summed E-state index contributed by atoms with van der Waals surface area (Å²) in [7, 11) is -3.56. The molecule has 9 heteroatoms. The summed E-state index contributed by atoms with van der Waals surface area (Å²) in [6.07, 6.45) is 3.20. The number of rotatable bonds is 4. The number of hydrogen-bond acceptors (Lipinski definition) is 7. The minimum Gasteiger partial charge on any atom is -0.339 e. The average molecular weight is 424 g/mol. The molecule has 0 unspecified atom stereocenters. The van der Waals surface area contributed by atoms with Crippen molar-refractivity contribution in [3.63, 3.8) is 0 Å². The summed E-state index contributed by atoms with van der Waals surface area (Å²) in [6.45, 7) is 2.37. The van der Waals surface area contributed by atoms with Crippen LogP contribution in [-0.4, -0.2) is 27.7 Å². The number of para-hydroxylation sites is 1. The molecule has 146 valence electrons. The van der Waals surface area contributed by atoms with E-state index in [2.05, 4.69) is 20.3 Å². The molecule has 5 rings (SSSR count). The highest BCUT2D eigenvalue weighted by Crippen LogP contribution is 2.34. The fourth-order valence-corrected chi connectivity index (χ4v) is 6.19. The molecule has 7 nitrogen and oxygen atoms in total. The first-order valence-electron chi connectivity index (χ1n) is 9.02. The number of pyridine rings is 1. The molecule has 1 aliphatic rings. The highest BCUT2D eigenvalue weighted by atomic mass is 32.2. The van der Waals surface area contributed by atoms with Gasteiger partial charge in [0.05, 0.1) is 29.6 Å². The van der Waals surface area contributed by atoms with E-state index < -0.39 is 10.0 Å². The van der Waals surface area contributed by atoms with Crippen molar-refractivity contribution in [2.75, 3.05) is 5.32 Å². The Morgan fingerprint density at radius 2 is 1.93 bits per heavy atom. The number of hydrogen-bond donors (Lipinski definition) is 1. The lowest BCUT2D eigenvalue weighted by Crippen LogP contribution is -2.25. The highest BCUT2D eigenvalue weighted by Gasteiger charge is 2.34. The fraction of sp³-hybridized carbons (Fsp3) is 0.150. The van der Waals surface area contributed by atoms with Crippen LogP contribution in [0.15, 0.2) is 59.2 Å². The van der Waals surface area contributed by atoms with Crippen LogP contribution in [-0.2, 0) is 23.1 Å². The lowest BCUT2D eigenvalue weighted by atomic mass is 10.2. The Morgan fingerprint density at radius 3 is 2.76 bits per heavy atom. The smallest absolute Gasteiger partial charge is 0.253 e. The molecule has 1 aromatic carbocycles. The number of aromatic nitrogens is 3. The molecule has 0 fully saturated rings. The summed E-state index contributed by atoms with van der Waals surface area (Å²) < 4.78 is 27.8. The second-order valence-corrected chi connectivity index (χ2v) is 10.3. The number of nitrogens with zero attached hydrogens (tertiary/aromatic N) is 4. The Bertz CT molecular complexity index is 1330. The van der Waals surface area contributed by atoms with Crippen LogP contribution < -0.4 is 5.32 Å². The van der Waals surface area contributed by atoms with Gasteiger partial charge < -0.3 is 5.32 Å². The molecule has 0 bridgehead atoms. The summed E-state index contributed by atoms with van der Waals surface area (Å²) in [5.41, 5.74) is 3.21. The van der Waals surface area contributed by atoms with E-state index in [1.165, 1.54) is 22.0 Å².